The Hall–Kier alpha value is -0.0800. The van der Waals surface area contributed by atoms with Crippen LogP contribution >= 0.6 is 22.6 Å². The molecule has 0 unspecified atom stereocenters. The summed E-state index contributed by atoms with van der Waals surface area (Å²) in [7, 11) is 1.70. The molecule has 0 aromatic heterocycles. The Morgan fingerprint density at radius 2 is 1.73 bits per heavy atom. The van der Waals surface area contributed by atoms with Crippen LogP contribution in [0.2, 0.25) is 0 Å². The van der Waals surface area contributed by atoms with Gasteiger partial charge in [0, 0.05) is 24.6 Å². The van der Waals surface area contributed by atoms with Gasteiger partial charge in [0.2, 0.25) is 0 Å². The van der Waals surface area contributed by atoms with E-state index in [0.29, 0.717) is 19.7 Å². The molecule has 5 nitrogen and oxygen atoms in total. The third-order valence-corrected chi connectivity index (χ3v) is 5.24. The summed E-state index contributed by atoms with van der Waals surface area (Å²) in [6.07, 6.45) is 1.43. The highest BCUT2D eigenvalue weighted by Gasteiger charge is 2.38. The zero-order valence-corrected chi connectivity index (χ0v) is 16.9. The lowest BCUT2D eigenvalue weighted by atomic mass is 9.93. The molecule has 1 fully saturated rings. The number of rotatable bonds is 5. The predicted molar refractivity (Wildman–Crippen MR) is 95.7 cm³/mol. The van der Waals surface area contributed by atoms with E-state index in [2.05, 4.69) is 22.6 Å². The van der Waals surface area contributed by atoms with Gasteiger partial charge in [0.05, 0.1) is 17.8 Å². The van der Waals surface area contributed by atoms with Gasteiger partial charge in [0.15, 0.2) is 0 Å². The minimum Gasteiger partial charge on any atom is -0.444 e. The Labute approximate surface area is 148 Å². The minimum atomic E-state index is -0.451. The maximum atomic E-state index is 12.1. The van der Waals surface area contributed by atoms with Crippen molar-refractivity contribution in [3.63, 3.8) is 0 Å². The van der Waals surface area contributed by atoms with Gasteiger partial charge in [-0.05, 0) is 47.5 Å². The summed E-state index contributed by atoms with van der Waals surface area (Å²) in [6.45, 7) is 11.6. The molecule has 0 aromatic rings. The van der Waals surface area contributed by atoms with Gasteiger partial charge in [-0.2, -0.15) is 0 Å². The summed E-state index contributed by atoms with van der Waals surface area (Å²) in [5.74, 6) is 0. The molecule has 1 amide bonds. The van der Waals surface area contributed by atoms with Crippen molar-refractivity contribution in [3.05, 3.63) is 0 Å². The summed E-state index contributed by atoms with van der Waals surface area (Å²) in [5.41, 5.74) is -0.913. The molecule has 0 saturated carbocycles. The van der Waals surface area contributed by atoms with E-state index in [0.717, 1.165) is 17.3 Å². The first-order valence-electron chi connectivity index (χ1n) is 7.76. The van der Waals surface area contributed by atoms with E-state index < -0.39 is 5.60 Å². The van der Waals surface area contributed by atoms with Gasteiger partial charge in [-0.15, -0.1) is 0 Å². The average Bonchev–Trinajstić information content (AvgIpc) is 2.44. The van der Waals surface area contributed by atoms with Gasteiger partial charge in [0.25, 0.3) is 0 Å². The Balaban J connectivity index is 2.55. The van der Waals surface area contributed by atoms with Crippen LogP contribution in [0.4, 0.5) is 4.79 Å². The molecule has 130 valence electrons. The highest BCUT2D eigenvalue weighted by molar-refractivity contribution is 14.1. The molecule has 0 aromatic carbocycles. The number of alkyl halides is 1. The van der Waals surface area contributed by atoms with Crippen LogP contribution in [-0.2, 0) is 14.2 Å². The molecule has 0 bridgehead atoms. The molecule has 0 N–H and O–H groups in total. The molecule has 0 spiro atoms. The molecule has 0 radical (unpaired) electrons. The van der Waals surface area contributed by atoms with Crippen molar-refractivity contribution in [2.45, 2.75) is 64.3 Å². The fourth-order valence-corrected chi connectivity index (χ4v) is 3.11. The molecule has 0 atom stereocenters. The summed E-state index contributed by atoms with van der Waals surface area (Å²) < 4.78 is 18.0. The van der Waals surface area contributed by atoms with E-state index in [9.17, 15) is 4.79 Å². The molecule has 1 aliphatic rings. The lowest BCUT2D eigenvalue weighted by molar-refractivity contribution is -0.126. The largest absolute Gasteiger partial charge is 0.444 e. The van der Waals surface area contributed by atoms with Crippen molar-refractivity contribution < 1.29 is 19.0 Å². The van der Waals surface area contributed by atoms with Crippen LogP contribution in [0.15, 0.2) is 0 Å². The van der Waals surface area contributed by atoms with Gasteiger partial charge in [-0.1, -0.05) is 22.6 Å². The first-order valence-corrected chi connectivity index (χ1v) is 9.28. The molecule has 1 saturated heterocycles. The van der Waals surface area contributed by atoms with Gasteiger partial charge in [-0.25, -0.2) is 4.79 Å². The molecular weight excluding hydrogens is 397 g/mol. The Bertz CT molecular complexity index is 371. The van der Waals surface area contributed by atoms with Gasteiger partial charge in [-0.3, -0.25) is 0 Å². The quantitative estimate of drug-likeness (QED) is 0.497. The number of methoxy groups -OCH3 is 1. The van der Waals surface area contributed by atoms with Gasteiger partial charge >= 0.3 is 6.09 Å². The predicted octanol–water partition coefficient (Wildman–Crippen LogP) is 3.63. The summed E-state index contributed by atoms with van der Waals surface area (Å²) in [4.78, 5) is 13.9. The number of nitrogens with zero attached hydrogens (tertiary/aromatic N) is 1. The fraction of sp³-hybridized carbons (Fsp3) is 0.938. The van der Waals surface area contributed by atoms with Crippen molar-refractivity contribution in [2.24, 2.45) is 0 Å². The number of ether oxygens (including phenoxy) is 3. The number of hydrogen-bond acceptors (Lipinski definition) is 4. The van der Waals surface area contributed by atoms with Crippen LogP contribution < -0.4 is 0 Å². The monoisotopic (exact) mass is 427 g/mol. The lowest BCUT2D eigenvalue weighted by Crippen LogP contribution is -2.51. The Morgan fingerprint density at radius 3 is 2.14 bits per heavy atom. The molecule has 6 heteroatoms. The molecule has 1 aliphatic heterocycles. The zero-order chi connectivity index (χ0) is 17.0. The molecular formula is C16H30INO4. The fourth-order valence-electron chi connectivity index (χ4n) is 2.13. The topological polar surface area (TPSA) is 48.0 Å². The Kier molecular flexibility index (Phi) is 6.95. The number of amides is 1. The van der Waals surface area contributed by atoms with Crippen molar-refractivity contribution in [1.82, 2.24) is 4.90 Å². The summed E-state index contributed by atoms with van der Waals surface area (Å²) >= 11 is 2.37. The maximum Gasteiger partial charge on any atom is 0.410 e. The number of carbonyl (C=O) groups excluding carboxylic acids is 1. The SMILES string of the molecule is COC(C)(C)COC1(CI)CCN(C(=O)OC(C)(C)C)CC1. The van der Waals surface area contributed by atoms with Gasteiger partial charge in [0.1, 0.15) is 5.60 Å². The van der Waals surface area contributed by atoms with Crippen molar-refractivity contribution in [2.75, 3.05) is 31.2 Å². The van der Waals surface area contributed by atoms with Crippen molar-refractivity contribution in [1.29, 1.82) is 0 Å². The highest BCUT2D eigenvalue weighted by Crippen LogP contribution is 2.30. The summed E-state index contributed by atoms with van der Waals surface area (Å²) in [5, 5.41) is 0. The number of piperidine rings is 1. The molecule has 1 heterocycles. The summed E-state index contributed by atoms with van der Waals surface area (Å²) in [6, 6.07) is 0. The molecule has 22 heavy (non-hydrogen) atoms. The van der Waals surface area contributed by atoms with Gasteiger partial charge < -0.3 is 19.1 Å². The third kappa shape index (κ3) is 6.20. The second kappa shape index (κ2) is 7.66. The third-order valence-electron chi connectivity index (χ3n) is 3.85. The molecule has 0 aliphatic carbocycles. The van der Waals surface area contributed by atoms with Crippen molar-refractivity contribution >= 4 is 28.7 Å². The van der Waals surface area contributed by atoms with Crippen LogP contribution in [0.3, 0.4) is 0 Å². The number of halogens is 1. The lowest BCUT2D eigenvalue weighted by Gasteiger charge is -2.42. The number of hydrogen-bond donors (Lipinski definition) is 0. The van der Waals surface area contributed by atoms with Crippen LogP contribution in [0.5, 0.6) is 0 Å². The Morgan fingerprint density at radius 1 is 1.18 bits per heavy atom. The van der Waals surface area contributed by atoms with Crippen LogP contribution in [-0.4, -0.2) is 59.0 Å². The minimum absolute atomic E-state index is 0.172. The average molecular weight is 427 g/mol. The van der Waals surface area contributed by atoms with E-state index in [-0.39, 0.29) is 17.3 Å². The van der Waals surface area contributed by atoms with E-state index >= 15 is 0 Å². The van der Waals surface area contributed by atoms with Crippen LogP contribution in [0.25, 0.3) is 0 Å². The smallest absolute Gasteiger partial charge is 0.410 e. The van der Waals surface area contributed by atoms with E-state index in [4.69, 9.17) is 14.2 Å². The van der Waals surface area contributed by atoms with E-state index in [1.54, 1.807) is 12.0 Å². The van der Waals surface area contributed by atoms with E-state index in [1.807, 2.05) is 34.6 Å². The van der Waals surface area contributed by atoms with E-state index in [1.165, 1.54) is 0 Å². The normalized spacial score (nSPS) is 19.1. The maximum absolute atomic E-state index is 12.1. The highest BCUT2D eigenvalue weighted by atomic mass is 127. The second-order valence-corrected chi connectivity index (χ2v) is 8.30. The van der Waals surface area contributed by atoms with Crippen LogP contribution in [0.1, 0.15) is 47.5 Å². The zero-order valence-electron chi connectivity index (χ0n) is 14.7. The standard InChI is InChI=1S/C16H30INO4/c1-14(2,3)22-13(19)18-9-7-16(11-17,8-10-18)21-12-15(4,5)20-6/h7-12H2,1-6H3. The number of likely N-dealkylation sites (tertiary alicyclic amines) is 1. The first kappa shape index (κ1) is 20.0. The van der Waals surface area contributed by atoms with Crippen molar-refractivity contribution in [3.8, 4) is 0 Å². The molecule has 1 rings (SSSR count). The first-order chi connectivity index (χ1) is 10.0. The van der Waals surface area contributed by atoms with Crippen LogP contribution in [0, 0.1) is 0 Å². The second-order valence-electron chi connectivity index (χ2n) is 7.54. The number of carbonyl (C=O) groups is 1.